The van der Waals surface area contributed by atoms with Gasteiger partial charge in [-0.1, -0.05) is 34.6 Å². The highest BCUT2D eigenvalue weighted by molar-refractivity contribution is 7.53. The predicted octanol–water partition coefficient (Wildman–Crippen LogP) is 3.28. The number of rotatable bonds is 2. The largest absolute Gasteiger partial charge is 0.331 e. The van der Waals surface area contributed by atoms with Gasteiger partial charge in [0.1, 0.15) is 0 Å². The van der Waals surface area contributed by atoms with Gasteiger partial charge in [-0.3, -0.25) is 4.57 Å². The first-order valence-corrected chi connectivity index (χ1v) is 7.27. The SMILES string of the molecule is CC(C)C(C)C1CC(C)(C)COP1(=O)O. The molecule has 0 aromatic carbocycles. The molecular formula is C11H23O3P. The first kappa shape index (κ1) is 13.2. The van der Waals surface area contributed by atoms with E-state index in [1.165, 1.54) is 0 Å². The predicted molar refractivity (Wildman–Crippen MR) is 62.0 cm³/mol. The monoisotopic (exact) mass is 234 g/mol. The molecule has 3 atom stereocenters. The summed E-state index contributed by atoms with van der Waals surface area (Å²) >= 11 is 0. The summed E-state index contributed by atoms with van der Waals surface area (Å²) in [5, 5.41) is 0. The maximum atomic E-state index is 11.9. The van der Waals surface area contributed by atoms with Gasteiger partial charge in [0.2, 0.25) is 0 Å². The van der Waals surface area contributed by atoms with E-state index in [-0.39, 0.29) is 17.0 Å². The molecule has 0 spiro atoms. The lowest BCUT2D eigenvalue weighted by atomic mass is 9.82. The summed E-state index contributed by atoms with van der Waals surface area (Å²) in [4.78, 5) is 9.82. The van der Waals surface area contributed by atoms with E-state index in [9.17, 15) is 9.46 Å². The van der Waals surface area contributed by atoms with Crippen molar-refractivity contribution in [1.29, 1.82) is 0 Å². The standard InChI is InChI=1S/C11H23O3P/c1-8(2)9(3)10-6-11(4,5)7-14-15(10,12)13/h8-10H,6-7H2,1-5H3,(H,12,13). The van der Waals surface area contributed by atoms with Gasteiger partial charge in [-0.15, -0.1) is 0 Å². The van der Waals surface area contributed by atoms with Crippen LogP contribution in [-0.4, -0.2) is 17.2 Å². The van der Waals surface area contributed by atoms with E-state index in [0.717, 1.165) is 6.42 Å². The number of hydrogen-bond donors (Lipinski definition) is 1. The summed E-state index contributed by atoms with van der Waals surface area (Å²) in [7, 11) is -3.39. The molecule has 1 fully saturated rings. The van der Waals surface area contributed by atoms with Crippen LogP contribution in [0.25, 0.3) is 0 Å². The Bertz CT molecular complexity index is 273. The van der Waals surface area contributed by atoms with E-state index >= 15 is 0 Å². The molecule has 90 valence electrons. The summed E-state index contributed by atoms with van der Waals surface area (Å²) < 4.78 is 17.1. The van der Waals surface area contributed by atoms with Crippen LogP contribution in [0.2, 0.25) is 0 Å². The van der Waals surface area contributed by atoms with Crippen molar-refractivity contribution in [3.8, 4) is 0 Å². The van der Waals surface area contributed by atoms with E-state index in [0.29, 0.717) is 12.5 Å². The molecule has 0 bridgehead atoms. The van der Waals surface area contributed by atoms with Crippen LogP contribution in [0.1, 0.15) is 41.0 Å². The van der Waals surface area contributed by atoms with Crippen LogP contribution < -0.4 is 0 Å². The molecule has 15 heavy (non-hydrogen) atoms. The minimum Gasteiger partial charge on any atom is -0.324 e. The van der Waals surface area contributed by atoms with Gasteiger partial charge in [-0.05, 0) is 23.7 Å². The van der Waals surface area contributed by atoms with Crippen LogP contribution in [0.15, 0.2) is 0 Å². The van der Waals surface area contributed by atoms with Crippen LogP contribution in [0.5, 0.6) is 0 Å². The smallest absolute Gasteiger partial charge is 0.324 e. The zero-order valence-electron chi connectivity index (χ0n) is 10.4. The average Bonchev–Trinajstić information content (AvgIpc) is 2.08. The lowest BCUT2D eigenvalue weighted by molar-refractivity contribution is 0.0972. The minimum atomic E-state index is -3.39. The van der Waals surface area contributed by atoms with Gasteiger partial charge in [-0.25, -0.2) is 0 Å². The van der Waals surface area contributed by atoms with Crippen molar-refractivity contribution < 1.29 is 14.0 Å². The molecule has 1 rings (SSSR count). The van der Waals surface area contributed by atoms with Crippen molar-refractivity contribution in [2.24, 2.45) is 17.3 Å². The van der Waals surface area contributed by atoms with Crippen molar-refractivity contribution in [2.45, 2.75) is 46.7 Å². The Hall–Kier alpha value is 0.150. The van der Waals surface area contributed by atoms with Gasteiger partial charge in [0, 0.05) is 0 Å². The normalized spacial score (nSPS) is 37.9. The van der Waals surface area contributed by atoms with E-state index in [4.69, 9.17) is 4.52 Å². The fraction of sp³-hybridized carbons (Fsp3) is 1.00. The second-order valence-electron chi connectivity index (χ2n) is 5.88. The summed E-state index contributed by atoms with van der Waals surface area (Å²) in [6.45, 7) is 10.8. The third-order valence-corrected chi connectivity index (χ3v) is 5.47. The zero-order valence-corrected chi connectivity index (χ0v) is 11.3. The molecule has 0 saturated carbocycles. The Balaban J connectivity index is 2.86. The average molecular weight is 234 g/mol. The molecule has 1 N–H and O–H groups in total. The molecular weight excluding hydrogens is 211 g/mol. The van der Waals surface area contributed by atoms with Crippen molar-refractivity contribution >= 4 is 7.60 Å². The molecule has 1 aliphatic rings. The lowest BCUT2D eigenvalue weighted by Gasteiger charge is -2.41. The first-order valence-electron chi connectivity index (χ1n) is 5.63. The molecule has 4 heteroatoms. The number of hydrogen-bond acceptors (Lipinski definition) is 2. The maximum Gasteiger partial charge on any atom is 0.331 e. The van der Waals surface area contributed by atoms with Crippen LogP contribution in [0.3, 0.4) is 0 Å². The van der Waals surface area contributed by atoms with Gasteiger partial charge in [0.15, 0.2) is 0 Å². The maximum absolute atomic E-state index is 11.9. The highest BCUT2D eigenvalue weighted by Crippen LogP contribution is 2.59. The highest BCUT2D eigenvalue weighted by Gasteiger charge is 2.45. The molecule has 0 aromatic rings. The first-order chi connectivity index (χ1) is 6.66. The highest BCUT2D eigenvalue weighted by atomic mass is 31.2. The third-order valence-electron chi connectivity index (χ3n) is 3.48. The Labute approximate surface area is 92.8 Å². The Morgan fingerprint density at radius 2 is 1.93 bits per heavy atom. The summed E-state index contributed by atoms with van der Waals surface area (Å²) in [5.74, 6) is 0.633. The topological polar surface area (TPSA) is 46.5 Å². The molecule has 0 aromatic heterocycles. The molecule has 3 nitrogen and oxygen atoms in total. The van der Waals surface area contributed by atoms with Gasteiger partial charge in [-0.2, -0.15) is 0 Å². The Kier molecular flexibility index (Phi) is 3.70. The molecule has 3 unspecified atom stereocenters. The summed E-state index contributed by atoms with van der Waals surface area (Å²) in [6.07, 6.45) is 0.778. The van der Waals surface area contributed by atoms with Crippen LogP contribution in [0.4, 0.5) is 0 Å². The summed E-state index contributed by atoms with van der Waals surface area (Å²) in [6, 6.07) is 0. The molecule has 0 radical (unpaired) electrons. The van der Waals surface area contributed by atoms with Gasteiger partial charge in [0.05, 0.1) is 12.3 Å². The molecule has 1 aliphatic heterocycles. The second-order valence-corrected chi connectivity index (χ2v) is 7.93. The third kappa shape index (κ3) is 3.05. The molecule has 1 heterocycles. The summed E-state index contributed by atoms with van der Waals surface area (Å²) in [5.41, 5.74) is -0.189. The van der Waals surface area contributed by atoms with Gasteiger partial charge >= 0.3 is 7.60 Å². The quantitative estimate of drug-likeness (QED) is 0.746. The molecule has 1 saturated heterocycles. The van der Waals surface area contributed by atoms with Crippen molar-refractivity contribution in [3.63, 3.8) is 0 Å². The molecule has 0 aliphatic carbocycles. The molecule has 0 amide bonds. The fourth-order valence-electron chi connectivity index (χ4n) is 2.03. The Morgan fingerprint density at radius 1 is 1.40 bits per heavy atom. The second kappa shape index (κ2) is 4.20. The van der Waals surface area contributed by atoms with Crippen LogP contribution in [-0.2, 0) is 9.09 Å². The van der Waals surface area contributed by atoms with E-state index < -0.39 is 7.60 Å². The van der Waals surface area contributed by atoms with Gasteiger partial charge in [0.25, 0.3) is 0 Å². The minimum absolute atomic E-state index is 0.0183. The lowest BCUT2D eigenvalue weighted by Crippen LogP contribution is -2.36. The van der Waals surface area contributed by atoms with Gasteiger partial charge < -0.3 is 9.42 Å². The fourth-order valence-corrected chi connectivity index (χ4v) is 4.42. The Morgan fingerprint density at radius 3 is 2.40 bits per heavy atom. The van der Waals surface area contributed by atoms with Crippen molar-refractivity contribution in [1.82, 2.24) is 0 Å². The van der Waals surface area contributed by atoms with E-state index in [2.05, 4.69) is 27.7 Å². The van der Waals surface area contributed by atoms with Crippen molar-refractivity contribution in [2.75, 3.05) is 6.61 Å². The van der Waals surface area contributed by atoms with Crippen LogP contribution >= 0.6 is 7.60 Å². The van der Waals surface area contributed by atoms with Crippen LogP contribution in [0, 0.1) is 17.3 Å². The van der Waals surface area contributed by atoms with Crippen molar-refractivity contribution in [3.05, 3.63) is 0 Å². The zero-order chi connectivity index (χ0) is 11.9. The van der Waals surface area contributed by atoms with E-state index in [1.54, 1.807) is 0 Å². The van der Waals surface area contributed by atoms with E-state index in [1.807, 2.05) is 6.92 Å².